The van der Waals surface area contributed by atoms with Gasteiger partial charge in [-0.1, -0.05) is 112 Å². The first kappa shape index (κ1) is 43.4. The van der Waals surface area contributed by atoms with E-state index in [-0.39, 0.29) is 25.5 Å². The SMILES string of the molecule is CC(C)(C)Cc1cc(-c2[c-]cccc2)ncc1[Si](C)(C)C.Cc1cc(C)c(-c2ccc3c(c2)sc2c(-c4cc(CC5CC6CCC5CC6)ccn4)[c-]ccc23)c(C)c1.[Ir]. The first-order valence-corrected chi connectivity index (χ1v) is 25.9. The van der Waals surface area contributed by atoms with Crippen LogP contribution in [0.15, 0.2) is 97.3 Å². The number of hydrogen-bond donors (Lipinski definition) is 0. The Hall–Kier alpha value is -3.73. The number of benzene rings is 4. The van der Waals surface area contributed by atoms with Gasteiger partial charge in [-0.2, -0.15) is 11.3 Å². The second kappa shape index (κ2) is 17.7. The van der Waals surface area contributed by atoms with Crippen LogP contribution in [0.3, 0.4) is 0 Å². The van der Waals surface area contributed by atoms with Gasteiger partial charge in [-0.05, 0) is 137 Å². The summed E-state index contributed by atoms with van der Waals surface area (Å²) in [4.78, 5) is 9.55. The molecule has 0 aliphatic heterocycles. The van der Waals surface area contributed by atoms with Gasteiger partial charge in [0.1, 0.15) is 0 Å². The van der Waals surface area contributed by atoms with Crippen LogP contribution in [-0.4, -0.2) is 18.0 Å². The van der Waals surface area contributed by atoms with Gasteiger partial charge in [0.05, 0.1) is 8.07 Å². The van der Waals surface area contributed by atoms with Gasteiger partial charge in [0.25, 0.3) is 0 Å². The van der Waals surface area contributed by atoms with Crippen molar-refractivity contribution in [3.8, 4) is 33.6 Å². The van der Waals surface area contributed by atoms with Crippen molar-refractivity contribution in [2.75, 3.05) is 0 Å². The molecule has 0 saturated heterocycles. The molecule has 5 heteroatoms. The summed E-state index contributed by atoms with van der Waals surface area (Å²) in [5.41, 5.74) is 14.2. The number of thiophene rings is 1. The van der Waals surface area contributed by atoms with Crippen molar-refractivity contribution >= 4 is 44.8 Å². The maximum Gasteiger partial charge on any atom is 0.0798 e. The van der Waals surface area contributed by atoms with E-state index in [1.54, 1.807) is 0 Å². The largest absolute Gasteiger partial charge is 0.305 e. The monoisotopic (exact) mass is 989 g/mol. The van der Waals surface area contributed by atoms with E-state index in [9.17, 15) is 0 Å². The van der Waals surface area contributed by atoms with Crippen LogP contribution in [0.5, 0.6) is 0 Å². The van der Waals surface area contributed by atoms with E-state index >= 15 is 0 Å². The Kier molecular flexibility index (Phi) is 13.0. The molecule has 2 nitrogen and oxygen atoms in total. The number of aryl methyl sites for hydroxylation is 3. The summed E-state index contributed by atoms with van der Waals surface area (Å²) in [6, 6.07) is 37.7. The summed E-state index contributed by atoms with van der Waals surface area (Å²) in [6.07, 6.45) is 13.7. The molecule has 1 radical (unpaired) electrons. The molecule has 3 saturated carbocycles. The van der Waals surface area contributed by atoms with Gasteiger partial charge in [-0.3, -0.25) is 0 Å². The van der Waals surface area contributed by atoms with E-state index in [1.807, 2.05) is 35.7 Å². The zero-order chi connectivity index (χ0) is 40.8. The third-order valence-electron chi connectivity index (χ3n) is 12.7. The fourth-order valence-corrected chi connectivity index (χ4v) is 12.9. The summed E-state index contributed by atoms with van der Waals surface area (Å²) in [6.45, 7) is 20.7. The molecule has 307 valence electrons. The van der Waals surface area contributed by atoms with Crippen molar-refractivity contribution in [1.29, 1.82) is 0 Å². The van der Waals surface area contributed by atoms with Crippen LogP contribution in [0.25, 0.3) is 53.8 Å². The second-order valence-electron chi connectivity index (χ2n) is 19.7. The van der Waals surface area contributed by atoms with Crippen molar-refractivity contribution in [1.82, 2.24) is 9.97 Å². The molecule has 1 unspecified atom stereocenters. The number of pyridine rings is 2. The fourth-order valence-electron chi connectivity index (χ4n) is 10.1. The average Bonchev–Trinajstić information content (AvgIpc) is 3.56. The Balaban J connectivity index is 0.000000206. The number of rotatable bonds is 7. The number of nitrogens with zero attached hydrogens (tertiary/aromatic N) is 2. The third kappa shape index (κ3) is 9.76. The predicted octanol–water partition coefficient (Wildman–Crippen LogP) is 14.6. The van der Waals surface area contributed by atoms with Crippen molar-refractivity contribution in [3.05, 3.63) is 137 Å². The first-order valence-electron chi connectivity index (χ1n) is 21.6. The molecule has 10 rings (SSSR count). The summed E-state index contributed by atoms with van der Waals surface area (Å²) in [7, 11) is -1.37. The van der Waals surface area contributed by atoms with Crippen LogP contribution >= 0.6 is 11.3 Å². The van der Waals surface area contributed by atoms with E-state index < -0.39 is 8.07 Å². The Labute approximate surface area is 372 Å². The number of aromatic nitrogens is 2. The number of fused-ring (bicyclic) bond motifs is 6. The molecule has 1 atom stereocenters. The van der Waals surface area contributed by atoms with Gasteiger partial charge in [-0.15, -0.1) is 59.7 Å². The minimum Gasteiger partial charge on any atom is -0.305 e. The van der Waals surface area contributed by atoms with Gasteiger partial charge in [0.15, 0.2) is 0 Å². The minimum atomic E-state index is -1.37. The molecule has 0 spiro atoms. The van der Waals surface area contributed by atoms with Crippen LogP contribution in [-0.2, 0) is 32.9 Å². The normalized spacial score (nSPS) is 17.7. The molecular formula is C54H60IrN2SSi-2. The van der Waals surface area contributed by atoms with Gasteiger partial charge < -0.3 is 9.97 Å². The number of hydrogen-bond acceptors (Lipinski definition) is 3. The van der Waals surface area contributed by atoms with E-state index in [0.717, 1.165) is 46.7 Å². The van der Waals surface area contributed by atoms with Crippen LogP contribution in [0, 0.1) is 56.1 Å². The molecule has 3 fully saturated rings. The summed E-state index contributed by atoms with van der Waals surface area (Å²) >= 11 is 1.89. The maximum atomic E-state index is 4.84. The van der Waals surface area contributed by atoms with Gasteiger partial charge in [-0.25, -0.2) is 0 Å². The quantitative estimate of drug-likeness (QED) is 0.117. The van der Waals surface area contributed by atoms with Crippen LogP contribution in [0.2, 0.25) is 19.6 Å². The third-order valence-corrected chi connectivity index (χ3v) is 15.9. The molecular weight excluding hydrogens is 929 g/mol. The summed E-state index contributed by atoms with van der Waals surface area (Å²) < 4.78 is 2.63. The molecule has 2 bridgehead atoms. The molecule has 7 aromatic rings. The standard InChI is InChI=1S/C35H34NS.C19H26NSi.Ir/c1-21-15-22(2)34(23(3)16-21)27-11-12-29-30-5-4-6-31(35(30)37-33(29)20-27)32-19-25(13-14-36-32)18-28-17-24-7-9-26(28)10-8-24;1-19(2,3)13-16-12-17(15-10-8-7-9-11-15)20-14-18(16)21(4,5)6;/h4-5,11-16,19-20,24,26,28H,7-10,17-18H2,1-3H3;7-10,12,14H,13H2,1-6H3;/q2*-1;. The predicted molar refractivity (Wildman–Crippen MR) is 253 cm³/mol. The average molecular weight is 989 g/mol. The van der Waals surface area contributed by atoms with Crippen molar-refractivity contribution in [3.63, 3.8) is 0 Å². The maximum absolute atomic E-state index is 4.84. The van der Waals surface area contributed by atoms with E-state index in [4.69, 9.17) is 9.97 Å². The first-order chi connectivity index (χ1) is 27.7. The van der Waals surface area contributed by atoms with E-state index in [1.165, 1.54) is 103 Å². The minimum absolute atomic E-state index is 0. The Morgan fingerprint density at radius 1 is 0.780 bits per heavy atom. The van der Waals surface area contributed by atoms with Gasteiger partial charge in [0, 0.05) is 37.2 Å². The van der Waals surface area contributed by atoms with Crippen molar-refractivity contribution < 1.29 is 20.1 Å². The zero-order valence-corrected chi connectivity index (χ0v) is 40.8. The molecule has 3 aliphatic carbocycles. The Morgan fingerprint density at radius 2 is 1.54 bits per heavy atom. The van der Waals surface area contributed by atoms with Crippen LogP contribution < -0.4 is 5.19 Å². The van der Waals surface area contributed by atoms with Crippen molar-refractivity contribution in [2.24, 2.45) is 23.2 Å². The second-order valence-corrected chi connectivity index (χ2v) is 25.8. The smallest absolute Gasteiger partial charge is 0.0798 e. The van der Waals surface area contributed by atoms with Gasteiger partial charge in [0.2, 0.25) is 0 Å². The van der Waals surface area contributed by atoms with E-state index in [0.29, 0.717) is 0 Å². The molecule has 3 heterocycles. The molecule has 0 N–H and O–H groups in total. The summed E-state index contributed by atoms with van der Waals surface area (Å²) in [5, 5.41) is 4.13. The molecule has 0 amide bonds. The fraction of sp³-hybridized carbons (Fsp3) is 0.370. The zero-order valence-electron chi connectivity index (χ0n) is 36.6. The molecule has 3 aromatic heterocycles. The Bertz CT molecular complexity index is 2550. The van der Waals surface area contributed by atoms with Crippen LogP contribution in [0.1, 0.15) is 80.7 Å². The van der Waals surface area contributed by atoms with Crippen LogP contribution in [0.4, 0.5) is 0 Å². The topological polar surface area (TPSA) is 25.8 Å². The Morgan fingerprint density at radius 3 is 2.20 bits per heavy atom. The molecule has 59 heavy (non-hydrogen) atoms. The molecule has 4 aromatic carbocycles. The van der Waals surface area contributed by atoms with Crippen molar-refractivity contribution in [2.45, 2.75) is 106 Å². The van der Waals surface area contributed by atoms with Gasteiger partial charge >= 0.3 is 0 Å². The molecule has 3 aliphatic rings. The van der Waals surface area contributed by atoms with E-state index in [2.05, 4.69) is 146 Å². The summed E-state index contributed by atoms with van der Waals surface area (Å²) in [5.74, 6) is 2.78.